The molecule has 0 saturated carbocycles. The lowest BCUT2D eigenvalue weighted by Gasteiger charge is -2.17. The van der Waals surface area contributed by atoms with Gasteiger partial charge >= 0.3 is 0 Å². The van der Waals surface area contributed by atoms with Crippen LogP contribution >= 0.6 is 23.5 Å². The van der Waals surface area contributed by atoms with Gasteiger partial charge in [0, 0.05) is 12.4 Å². The summed E-state index contributed by atoms with van der Waals surface area (Å²) < 4.78 is 3.87. The first-order valence-electron chi connectivity index (χ1n) is 4.46. The molecular formula is C9H12N4S2. The van der Waals surface area contributed by atoms with Crippen molar-refractivity contribution in [3.8, 4) is 0 Å². The highest BCUT2D eigenvalue weighted by Gasteiger charge is 2.14. The molecule has 0 aliphatic rings. The molecule has 0 aromatic carbocycles. The highest BCUT2D eigenvalue weighted by molar-refractivity contribution is 7.99. The normalized spacial score (nSPS) is 12.9. The van der Waals surface area contributed by atoms with E-state index in [0.717, 1.165) is 5.03 Å². The average molecular weight is 240 g/mol. The van der Waals surface area contributed by atoms with Crippen LogP contribution in [0, 0.1) is 0 Å². The summed E-state index contributed by atoms with van der Waals surface area (Å²) in [6.45, 7) is 0. The third-order valence-electron chi connectivity index (χ3n) is 2.01. The van der Waals surface area contributed by atoms with Crippen molar-refractivity contribution in [1.82, 2.24) is 19.6 Å². The van der Waals surface area contributed by atoms with Crippen molar-refractivity contribution in [1.29, 1.82) is 0 Å². The molecule has 1 unspecified atom stereocenters. The number of hydrogen-bond donors (Lipinski definition) is 0. The summed E-state index contributed by atoms with van der Waals surface area (Å²) in [7, 11) is 0. The van der Waals surface area contributed by atoms with Crippen LogP contribution in [0.2, 0.25) is 0 Å². The van der Waals surface area contributed by atoms with Crippen molar-refractivity contribution in [3.05, 3.63) is 30.7 Å². The fraction of sp³-hybridized carbons (Fsp3) is 0.333. The first kappa shape index (κ1) is 10.6. The molecule has 0 N–H and O–H groups in total. The van der Waals surface area contributed by atoms with Gasteiger partial charge in [-0.15, -0.1) is 23.5 Å². The summed E-state index contributed by atoms with van der Waals surface area (Å²) in [5.74, 6) is 0. The highest BCUT2D eigenvalue weighted by atomic mass is 32.2. The molecular weight excluding hydrogens is 228 g/mol. The van der Waals surface area contributed by atoms with E-state index in [1.54, 1.807) is 29.7 Å². The average Bonchev–Trinajstić information content (AvgIpc) is 2.89. The summed E-state index contributed by atoms with van der Waals surface area (Å²) >= 11 is 3.39. The zero-order valence-electron chi connectivity index (χ0n) is 8.57. The molecule has 0 aliphatic heterocycles. The fourth-order valence-electron chi connectivity index (χ4n) is 1.36. The lowest BCUT2D eigenvalue weighted by Crippen LogP contribution is -2.17. The molecule has 2 aromatic rings. The highest BCUT2D eigenvalue weighted by Crippen LogP contribution is 2.26. The Balaban J connectivity index is 2.35. The number of rotatable bonds is 4. The maximum absolute atomic E-state index is 4.33. The monoisotopic (exact) mass is 240 g/mol. The van der Waals surface area contributed by atoms with Gasteiger partial charge < -0.3 is 0 Å². The predicted molar refractivity (Wildman–Crippen MR) is 64.2 cm³/mol. The lowest BCUT2D eigenvalue weighted by molar-refractivity contribution is 0.459. The first-order valence-corrected chi connectivity index (χ1v) is 6.97. The summed E-state index contributed by atoms with van der Waals surface area (Å²) in [5, 5.41) is 9.72. The minimum atomic E-state index is 0.0949. The number of thioether (sulfide) groups is 2. The van der Waals surface area contributed by atoms with Crippen LogP contribution in [-0.2, 0) is 0 Å². The van der Waals surface area contributed by atoms with Gasteiger partial charge in [0.25, 0.3) is 0 Å². The van der Waals surface area contributed by atoms with Gasteiger partial charge in [0.15, 0.2) is 5.50 Å². The second kappa shape index (κ2) is 4.76. The summed E-state index contributed by atoms with van der Waals surface area (Å²) in [5.41, 5.74) is 0.0949. The molecule has 2 rings (SSSR count). The molecule has 0 amide bonds. The minimum Gasteiger partial charge on any atom is -0.238 e. The van der Waals surface area contributed by atoms with Crippen molar-refractivity contribution in [2.24, 2.45) is 0 Å². The molecule has 15 heavy (non-hydrogen) atoms. The molecule has 1 atom stereocenters. The molecule has 0 saturated heterocycles. The Labute approximate surface area is 97.0 Å². The third kappa shape index (κ3) is 2.05. The zero-order chi connectivity index (χ0) is 10.7. The van der Waals surface area contributed by atoms with Gasteiger partial charge in [0.05, 0.1) is 11.2 Å². The molecule has 80 valence electrons. The van der Waals surface area contributed by atoms with E-state index in [1.807, 2.05) is 40.1 Å². The second-order valence-corrected chi connectivity index (χ2v) is 4.59. The van der Waals surface area contributed by atoms with E-state index in [-0.39, 0.29) is 5.50 Å². The summed E-state index contributed by atoms with van der Waals surface area (Å²) in [4.78, 5) is 0. The minimum absolute atomic E-state index is 0.0949. The Morgan fingerprint density at radius 1 is 1.27 bits per heavy atom. The first-order chi connectivity index (χ1) is 7.36. The Kier molecular flexibility index (Phi) is 3.37. The number of aromatic nitrogens is 4. The molecule has 0 bridgehead atoms. The van der Waals surface area contributed by atoms with Crippen LogP contribution in [0.5, 0.6) is 0 Å². The van der Waals surface area contributed by atoms with Crippen molar-refractivity contribution in [2.75, 3.05) is 12.5 Å². The van der Waals surface area contributed by atoms with Crippen molar-refractivity contribution >= 4 is 23.5 Å². The SMILES string of the molecule is CSc1ccnn1C(SC)n1cccn1. The maximum Gasteiger partial charge on any atom is 0.191 e. The Hall–Kier alpha value is -0.880. The van der Waals surface area contributed by atoms with E-state index in [4.69, 9.17) is 0 Å². The quantitative estimate of drug-likeness (QED) is 0.767. The molecule has 6 heteroatoms. The summed E-state index contributed by atoms with van der Waals surface area (Å²) in [6, 6.07) is 3.93. The van der Waals surface area contributed by atoms with Gasteiger partial charge in [-0.3, -0.25) is 0 Å². The van der Waals surface area contributed by atoms with Crippen LogP contribution in [0.1, 0.15) is 5.50 Å². The Morgan fingerprint density at radius 2 is 2.13 bits per heavy atom. The van der Waals surface area contributed by atoms with E-state index in [2.05, 4.69) is 16.5 Å². The van der Waals surface area contributed by atoms with E-state index in [0.29, 0.717) is 0 Å². The van der Waals surface area contributed by atoms with Crippen molar-refractivity contribution in [2.45, 2.75) is 10.5 Å². The molecule has 2 aromatic heterocycles. The van der Waals surface area contributed by atoms with E-state index >= 15 is 0 Å². The van der Waals surface area contributed by atoms with Gasteiger partial charge in [-0.1, -0.05) is 0 Å². The van der Waals surface area contributed by atoms with Crippen LogP contribution in [0.4, 0.5) is 0 Å². The van der Waals surface area contributed by atoms with Crippen molar-refractivity contribution < 1.29 is 0 Å². The van der Waals surface area contributed by atoms with E-state index < -0.39 is 0 Å². The van der Waals surface area contributed by atoms with Gasteiger partial charge in [-0.05, 0) is 24.6 Å². The van der Waals surface area contributed by atoms with Crippen LogP contribution in [0.15, 0.2) is 35.7 Å². The number of nitrogens with zero attached hydrogens (tertiary/aromatic N) is 4. The van der Waals surface area contributed by atoms with E-state index in [1.165, 1.54) is 0 Å². The Morgan fingerprint density at radius 3 is 2.73 bits per heavy atom. The van der Waals surface area contributed by atoms with Crippen molar-refractivity contribution in [3.63, 3.8) is 0 Å². The van der Waals surface area contributed by atoms with Gasteiger partial charge in [-0.2, -0.15) is 10.2 Å². The molecule has 4 nitrogen and oxygen atoms in total. The van der Waals surface area contributed by atoms with E-state index in [9.17, 15) is 0 Å². The topological polar surface area (TPSA) is 35.6 Å². The molecule has 2 heterocycles. The second-order valence-electron chi connectivity index (χ2n) is 2.87. The summed E-state index contributed by atoms with van der Waals surface area (Å²) in [6.07, 6.45) is 9.66. The van der Waals surface area contributed by atoms with Gasteiger partial charge in [-0.25, -0.2) is 9.36 Å². The van der Waals surface area contributed by atoms with Gasteiger partial charge in [0.2, 0.25) is 0 Å². The predicted octanol–water partition coefficient (Wildman–Crippen LogP) is 2.17. The smallest absolute Gasteiger partial charge is 0.191 e. The molecule has 0 radical (unpaired) electrons. The molecule has 0 fully saturated rings. The zero-order valence-corrected chi connectivity index (χ0v) is 10.2. The maximum atomic E-state index is 4.33. The number of hydrogen-bond acceptors (Lipinski definition) is 4. The lowest BCUT2D eigenvalue weighted by atomic mass is 10.7. The Bertz CT molecular complexity index is 409. The van der Waals surface area contributed by atoms with Crippen LogP contribution in [0.3, 0.4) is 0 Å². The molecule has 0 spiro atoms. The van der Waals surface area contributed by atoms with Crippen LogP contribution in [0.25, 0.3) is 0 Å². The fourth-order valence-corrected chi connectivity index (χ4v) is 2.67. The van der Waals surface area contributed by atoms with Gasteiger partial charge in [0.1, 0.15) is 0 Å². The van der Waals surface area contributed by atoms with Crippen LogP contribution < -0.4 is 0 Å². The van der Waals surface area contributed by atoms with Crippen LogP contribution in [-0.4, -0.2) is 32.1 Å². The largest absolute Gasteiger partial charge is 0.238 e. The standard InChI is InChI=1S/C9H12N4S2/c1-14-8-4-6-11-13(8)9(15-2)12-7-3-5-10-12/h3-7,9H,1-2H3. The molecule has 0 aliphatic carbocycles. The third-order valence-corrected chi connectivity index (χ3v) is 3.59.